The highest BCUT2D eigenvalue weighted by Gasteiger charge is 2.09. The summed E-state index contributed by atoms with van der Waals surface area (Å²) in [6.45, 7) is 5.85. The standard InChI is InChI=1S/C15H15Cl2N3OS/c1-8-9(2)18-15(19-10(8)3)22-7-14(21)20-11-4-5-12(16)13(17)6-11/h4-6H,7H2,1-3H3,(H,20,21). The van der Waals surface area contributed by atoms with Crippen molar-refractivity contribution in [2.24, 2.45) is 0 Å². The maximum atomic E-state index is 12.0. The molecule has 1 aromatic heterocycles. The van der Waals surface area contributed by atoms with Gasteiger partial charge in [0.15, 0.2) is 5.16 Å². The predicted octanol–water partition coefficient (Wildman–Crippen LogP) is 4.44. The van der Waals surface area contributed by atoms with Gasteiger partial charge < -0.3 is 5.32 Å². The Morgan fingerprint density at radius 1 is 1.14 bits per heavy atom. The molecule has 0 bridgehead atoms. The van der Waals surface area contributed by atoms with E-state index in [4.69, 9.17) is 23.2 Å². The van der Waals surface area contributed by atoms with Crippen LogP contribution in [0.1, 0.15) is 17.0 Å². The van der Waals surface area contributed by atoms with Crippen molar-refractivity contribution in [3.8, 4) is 0 Å². The number of carbonyl (C=O) groups excluding carboxylic acids is 1. The van der Waals surface area contributed by atoms with E-state index in [2.05, 4.69) is 15.3 Å². The highest BCUT2D eigenvalue weighted by Crippen LogP contribution is 2.25. The summed E-state index contributed by atoms with van der Waals surface area (Å²) in [5.41, 5.74) is 3.54. The Kier molecular flexibility index (Phi) is 5.67. The van der Waals surface area contributed by atoms with Crippen LogP contribution in [0.15, 0.2) is 23.4 Å². The van der Waals surface area contributed by atoms with Gasteiger partial charge in [-0.25, -0.2) is 9.97 Å². The first kappa shape index (κ1) is 17.1. The largest absolute Gasteiger partial charge is 0.325 e. The van der Waals surface area contributed by atoms with E-state index in [1.807, 2.05) is 20.8 Å². The van der Waals surface area contributed by atoms with E-state index < -0.39 is 0 Å². The summed E-state index contributed by atoms with van der Waals surface area (Å²) in [6, 6.07) is 4.96. The van der Waals surface area contributed by atoms with Gasteiger partial charge in [0.05, 0.1) is 15.8 Å². The quantitative estimate of drug-likeness (QED) is 0.650. The van der Waals surface area contributed by atoms with Crippen LogP contribution in [0.2, 0.25) is 10.0 Å². The molecule has 0 spiro atoms. The lowest BCUT2D eigenvalue weighted by Crippen LogP contribution is -2.14. The van der Waals surface area contributed by atoms with Crippen LogP contribution in [-0.4, -0.2) is 21.6 Å². The molecule has 0 radical (unpaired) electrons. The molecule has 1 aromatic carbocycles. The van der Waals surface area contributed by atoms with Crippen LogP contribution in [0.5, 0.6) is 0 Å². The lowest BCUT2D eigenvalue weighted by molar-refractivity contribution is -0.113. The SMILES string of the molecule is Cc1nc(SCC(=O)Nc2ccc(Cl)c(Cl)c2)nc(C)c1C. The van der Waals surface area contributed by atoms with Crippen molar-refractivity contribution in [3.05, 3.63) is 45.2 Å². The molecular formula is C15H15Cl2N3OS. The summed E-state index contributed by atoms with van der Waals surface area (Å²) < 4.78 is 0. The van der Waals surface area contributed by atoms with Crippen molar-refractivity contribution in [3.63, 3.8) is 0 Å². The fourth-order valence-electron chi connectivity index (χ4n) is 1.71. The molecule has 116 valence electrons. The second-order valence-electron chi connectivity index (χ2n) is 4.77. The fourth-order valence-corrected chi connectivity index (χ4v) is 2.74. The van der Waals surface area contributed by atoms with E-state index in [-0.39, 0.29) is 11.7 Å². The van der Waals surface area contributed by atoms with Gasteiger partial charge in [0, 0.05) is 17.1 Å². The van der Waals surface area contributed by atoms with Crippen molar-refractivity contribution in [2.45, 2.75) is 25.9 Å². The number of hydrogen-bond donors (Lipinski definition) is 1. The van der Waals surface area contributed by atoms with Crippen LogP contribution in [0.25, 0.3) is 0 Å². The first-order chi connectivity index (χ1) is 10.4. The summed E-state index contributed by atoms with van der Waals surface area (Å²) in [5.74, 6) is 0.0743. The lowest BCUT2D eigenvalue weighted by Gasteiger charge is -2.08. The topological polar surface area (TPSA) is 54.9 Å². The lowest BCUT2D eigenvalue weighted by atomic mass is 10.2. The van der Waals surface area contributed by atoms with Crippen molar-refractivity contribution in [1.82, 2.24) is 9.97 Å². The third-order valence-electron chi connectivity index (χ3n) is 3.15. The number of aromatic nitrogens is 2. The first-order valence-electron chi connectivity index (χ1n) is 6.56. The van der Waals surface area contributed by atoms with Gasteiger partial charge in [-0.3, -0.25) is 4.79 Å². The van der Waals surface area contributed by atoms with Gasteiger partial charge in [0.25, 0.3) is 0 Å². The van der Waals surface area contributed by atoms with E-state index in [9.17, 15) is 4.79 Å². The molecule has 0 saturated heterocycles. The summed E-state index contributed by atoms with van der Waals surface area (Å²) in [4.78, 5) is 20.7. The Bertz CT molecular complexity index is 699. The average Bonchev–Trinajstić information content (AvgIpc) is 2.46. The molecule has 7 heteroatoms. The molecule has 1 N–H and O–H groups in total. The number of rotatable bonds is 4. The summed E-state index contributed by atoms with van der Waals surface area (Å²) >= 11 is 13.0. The Labute approximate surface area is 143 Å². The van der Waals surface area contributed by atoms with Crippen LogP contribution in [-0.2, 0) is 4.79 Å². The van der Waals surface area contributed by atoms with Gasteiger partial charge >= 0.3 is 0 Å². The molecule has 22 heavy (non-hydrogen) atoms. The van der Waals surface area contributed by atoms with Crippen LogP contribution in [0.3, 0.4) is 0 Å². The smallest absolute Gasteiger partial charge is 0.234 e. The number of carbonyl (C=O) groups is 1. The van der Waals surface area contributed by atoms with Gasteiger partial charge in [0.2, 0.25) is 5.91 Å². The van der Waals surface area contributed by atoms with E-state index in [0.29, 0.717) is 20.9 Å². The minimum Gasteiger partial charge on any atom is -0.325 e. The zero-order valence-electron chi connectivity index (χ0n) is 12.4. The summed E-state index contributed by atoms with van der Waals surface area (Å²) in [5, 5.41) is 4.22. The van der Waals surface area contributed by atoms with Gasteiger partial charge in [0.1, 0.15) is 0 Å². The number of thioether (sulfide) groups is 1. The molecule has 0 fully saturated rings. The number of benzene rings is 1. The van der Waals surface area contributed by atoms with E-state index in [0.717, 1.165) is 17.0 Å². The monoisotopic (exact) mass is 355 g/mol. The molecule has 4 nitrogen and oxygen atoms in total. The van der Waals surface area contributed by atoms with Gasteiger partial charge in [-0.1, -0.05) is 35.0 Å². The predicted molar refractivity (Wildman–Crippen MR) is 92.1 cm³/mol. The molecule has 2 aromatic rings. The second-order valence-corrected chi connectivity index (χ2v) is 6.52. The Balaban J connectivity index is 1.96. The van der Waals surface area contributed by atoms with Crippen molar-refractivity contribution >= 4 is 46.6 Å². The van der Waals surface area contributed by atoms with E-state index in [1.165, 1.54) is 11.8 Å². The van der Waals surface area contributed by atoms with Crippen molar-refractivity contribution in [2.75, 3.05) is 11.1 Å². The normalized spacial score (nSPS) is 10.6. The summed E-state index contributed by atoms with van der Waals surface area (Å²) in [7, 11) is 0. The molecule has 0 aliphatic carbocycles. The first-order valence-corrected chi connectivity index (χ1v) is 8.30. The van der Waals surface area contributed by atoms with Crippen molar-refractivity contribution in [1.29, 1.82) is 0 Å². The Morgan fingerprint density at radius 2 is 1.77 bits per heavy atom. The number of nitrogens with zero attached hydrogens (tertiary/aromatic N) is 2. The fraction of sp³-hybridized carbons (Fsp3) is 0.267. The number of aryl methyl sites for hydroxylation is 2. The molecule has 0 unspecified atom stereocenters. The van der Waals surface area contributed by atoms with Gasteiger partial charge in [-0.2, -0.15) is 0 Å². The van der Waals surface area contributed by atoms with E-state index in [1.54, 1.807) is 18.2 Å². The third-order valence-corrected chi connectivity index (χ3v) is 4.73. The number of nitrogens with one attached hydrogen (secondary N) is 1. The second kappa shape index (κ2) is 7.31. The molecule has 2 rings (SSSR count). The molecular weight excluding hydrogens is 341 g/mol. The van der Waals surface area contributed by atoms with Crippen LogP contribution >= 0.6 is 35.0 Å². The maximum Gasteiger partial charge on any atom is 0.234 e. The van der Waals surface area contributed by atoms with Crippen LogP contribution in [0.4, 0.5) is 5.69 Å². The van der Waals surface area contributed by atoms with E-state index >= 15 is 0 Å². The van der Waals surface area contributed by atoms with Gasteiger partial charge in [-0.05, 0) is 44.5 Å². The third kappa shape index (κ3) is 4.35. The maximum absolute atomic E-state index is 12.0. The van der Waals surface area contributed by atoms with Crippen molar-refractivity contribution < 1.29 is 4.79 Å². The molecule has 1 heterocycles. The number of hydrogen-bond acceptors (Lipinski definition) is 4. The Hall–Kier alpha value is -1.30. The number of halogens is 2. The van der Waals surface area contributed by atoms with Crippen LogP contribution < -0.4 is 5.32 Å². The highest BCUT2D eigenvalue weighted by molar-refractivity contribution is 7.99. The minimum atomic E-state index is -0.150. The molecule has 0 saturated carbocycles. The molecule has 0 aliphatic heterocycles. The zero-order chi connectivity index (χ0) is 16.3. The number of anilines is 1. The minimum absolute atomic E-state index is 0.150. The highest BCUT2D eigenvalue weighted by atomic mass is 35.5. The average molecular weight is 356 g/mol. The summed E-state index contributed by atoms with van der Waals surface area (Å²) in [6.07, 6.45) is 0. The molecule has 1 amide bonds. The zero-order valence-corrected chi connectivity index (χ0v) is 14.7. The molecule has 0 aliphatic rings. The van der Waals surface area contributed by atoms with Crippen LogP contribution in [0, 0.1) is 20.8 Å². The molecule has 0 atom stereocenters. The number of amides is 1. The van der Waals surface area contributed by atoms with Gasteiger partial charge in [-0.15, -0.1) is 0 Å². The Morgan fingerprint density at radius 3 is 2.36 bits per heavy atom.